The van der Waals surface area contributed by atoms with Gasteiger partial charge in [-0.05, 0) is 38.0 Å². The number of pyridine rings is 1. The molecule has 1 aromatic heterocycles. The largest absolute Gasteiger partial charge is 0.396 e. The van der Waals surface area contributed by atoms with E-state index in [1.165, 1.54) is 0 Å². The van der Waals surface area contributed by atoms with Crippen LogP contribution < -0.4 is 10.7 Å². The van der Waals surface area contributed by atoms with Crippen LogP contribution in [0.25, 0.3) is 10.9 Å². The van der Waals surface area contributed by atoms with Gasteiger partial charge in [0.25, 0.3) is 5.91 Å². The molecule has 1 saturated carbocycles. The van der Waals surface area contributed by atoms with Gasteiger partial charge in [-0.25, -0.2) is 0 Å². The summed E-state index contributed by atoms with van der Waals surface area (Å²) in [5, 5.41) is 13.0. The van der Waals surface area contributed by atoms with Crippen molar-refractivity contribution in [2.24, 2.45) is 5.41 Å². The maximum absolute atomic E-state index is 12.6. The number of fused-ring (bicyclic) bond motifs is 1. The van der Waals surface area contributed by atoms with E-state index in [4.69, 9.17) is 11.6 Å². The fraction of sp³-hybridized carbons (Fsp3) is 0.412. The van der Waals surface area contributed by atoms with Crippen molar-refractivity contribution < 1.29 is 9.90 Å². The van der Waals surface area contributed by atoms with Crippen LogP contribution in [0.1, 0.15) is 30.1 Å². The molecule has 1 aliphatic rings. The number of amides is 1. The van der Waals surface area contributed by atoms with Gasteiger partial charge in [0.15, 0.2) is 0 Å². The SMILES string of the molecule is CCn1cc(C(=O)NCC2(CO)CC2)c(=O)c2cc(Cl)ccc21. The van der Waals surface area contributed by atoms with E-state index in [2.05, 4.69) is 5.32 Å². The summed E-state index contributed by atoms with van der Waals surface area (Å²) < 4.78 is 1.86. The normalized spacial score (nSPS) is 15.6. The Morgan fingerprint density at radius 2 is 2.17 bits per heavy atom. The number of hydrogen-bond acceptors (Lipinski definition) is 3. The second-order valence-electron chi connectivity index (χ2n) is 6.16. The van der Waals surface area contributed by atoms with E-state index < -0.39 is 5.91 Å². The summed E-state index contributed by atoms with van der Waals surface area (Å²) in [5.41, 5.74) is 0.348. The maximum atomic E-state index is 12.6. The van der Waals surface area contributed by atoms with Gasteiger partial charge in [-0.15, -0.1) is 0 Å². The lowest BCUT2D eigenvalue weighted by atomic mass is 10.1. The third kappa shape index (κ3) is 2.99. The van der Waals surface area contributed by atoms with Crippen LogP contribution in [0.3, 0.4) is 0 Å². The lowest BCUT2D eigenvalue weighted by Gasteiger charge is -2.14. The molecule has 0 aliphatic heterocycles. The van der Waals surface area contributed by atoms with E-state index >= 15 is 0 Å². The number of aliphatic hydroxyl groups excluding tert-OH is 1. The number of aromatic nitrogens is 1. The minimum Gasteiger partial charge on any atom is -0.396 e. The number of hydrogen-bond donors (Lipinski definition) is 2. The monoisotopic (exact) mass is 334 g/mol. The fourth-order valence-corrected chi connectivity index (χ4v) is 2.90. The minimum absolute atomic E-state index is 0.0554. The fourth-order valence-electron chi connectivity index (χ4n) is 2.72. The third-order valence-corrected chi connectivity index (χ3v) is 4.78. The zero-order chi connectivity index (χ0) is 16.6. The quantitative estimate of drug-likeness (QED) is 0.880. The first-order valence-electron chi connectivity index (χ1n) is 7.71. The summed E-state index contributed by atoms with van der Waals surface area (Å²) >= 11 is 5.99. The maximum Gasteiger partial charge on any atom is 0.256 e. The second kappa shape index (κ2) is 5.98. The summed E-state index contributed by atoms with van der Waals surface area (Å²) in [6.07, 6.45) is 3.39. The Morgan fingerprint density at radius 3 is 2.78 bits per heavy atom. The molecular formula is C17H19ClN2O3. The van der Waals surface area contributed by atoms with Crippen LogP contribution in [0, 0.1) is 5.41 Å². The van der Waals surface area contributed by atoms with Gasteiger partial charge < -0.3 is 15.0 Å². The molecule has 1 aliphatic carbocycles. The summed E-state index contributed by atoms with van der Waals surface area (Å²) in [5.74, 6) is -0.404. The van der Waals surface area contributed by atoms with Gasteiger partial charge in [0, 0.05) is 35.1 Å². The number of carbonyl (C=O) groups excluding carboxylic acids is 1. The molecule has 0 spiro atoms. The van der Waals surface area contributed by atoms with Gasteiger partial charge in [-0.2, -0.15) is 0 Å². The standard InChI is InChI=1S/C17H19ClN2O3/c1-2-20-8-13(16(23)19-9-17(10-21)5-6-17)15(22)12-7-11(18)3-4-14(12)20/h3-4,7-8,21H,2,5-6,9-10H2,1H3,(H,19,23). The predicted molar refractivity (Wildman–Crippen MR) is 90.0 cm³/mol. The van der Waals surface area contributed by atoms with Crippen LogP contribution in [-0.4, -0.2) is 28.7 Å². The second-order valence-corrected chi connectivity index (χ2v) is 6.60. The molecule has 0 unspecified atom stereocenters. The Bertz CT molecular complexity index is 824. The van der Waals surface area contributed by atoms with Crippen LogP contribution in [0.2, 0.25) is 5.02 Å². The van der Waals surface area contributed by atoms with Crippen molar-refractivity contribution in [1.29, 1.82) is 0 Å². The van der Waals surface area contributed by atoms with Crippen molar-refractivity contribution in [3.63, 3.8) is 0 Å². The van der Waals surface area contributed by atoms with Gasteiger partial charge in [0.1, 0.15) is 5.56 Å². The van der Waals surface area contributed by atoms with E-state index in [-0.39, 0.29) is 23.0 Å². The van der Waals surface area contributed by atoms with Gasteiger partial charge in [-0.3, -0.25) is 9.59 Å². The first-order valence-corrected chi connectivity index (χ1v) is 8.09. The van der Waals surface area contributed by atoms with E-state index in [9.17, 15) is 14.7 Å². The number of benzene rings is 1. The molecule has 0 atom stereocenters. The highest BCUT2D eigenvalue weighted by molar-refractivity contribution is 6.31. The summed E-state index contributed by atoms with van der Waals surface area (Å²) in [6.45, 7) is 3.03. The number of halogens is 1. The molecule has 5 nitrogen and oxygen atoms in total. The highest BCUT2D eigenvalue weighted by Crippen LogP contribution is 2.44. The first kappa shape index (κ1) is 16.0. The van der Waals surface area contributed by atoms with Gasteiger partial charge >= 0.3 is 0 Å². The van der Waals surface area contributed by atoms with E-state index in [1.54, 1.807) is 24.4 Å². The summed E-state index contributed by atoms with van der Waals surface area (Å²) in [6, 6.07) is 5.11. The van der Waals surface area contributed by atoms with Crippen LogP contribution in [-0.2, 0) is 6.54 Å². The molecule has 1 fully saturated rings. The molecule has 1 aromatic carbocycles. The summed E-state index contributed by atoms with van der Waals surface area (Å²) in [4.78, 5) is 25.0. The lowest BCUT2D eigenvalue weighted by Crippen LogP contribution is -2.35. The number of nitrogens with zero attached hydrogens (tertiary/aromatic N) is 1. The molecule has 2 N–H and O–H groups in total. The topological polar surface area (TPSA) is 71.3 Å². The molecular weight excluding hydrogens is 316 g/mol. The smallest absolute Gasteiger partial charge is 0.256 e. The Labute approximate surface area is 138 Å². The molecule has 23 heavy (non-hydrogen) atoms. The van der Waals surface area contributed by atoms with Crippen molar-refractivity contribution in [3.05, 3.63) is 45.2 Å². The highest BCUT2D eigenvalue weighted by atomic mass is 35.5. The number of aliphatic hydroxyl groups is 1. The van der Waals surface area contributed by atoms with Gasteiger partial charge in [0.2, 0.25) is 5.43 Å². The molecule has 0 radical (unpaired) electrons. The average Bonchev–Trinajstić information content (AvgIpc) is 3.34. The van der Waals surface area contributed by atoms with Crippen molar-refractivity contribution in [2.75, 3.05) is 13.2 Å². The molecule has 0 bridgehead atoms. The predicted octanol–water partition coefficient (Wildman–Crippen LogP) is 2.18. The first-order chi connectivity index (χ1) is 11.0. The molecule has 1 amide bonds. The van der Waals surface area contributed by atoms with Crippen LogP contribution in [0.15, 0.2) is 29.2 Å². The van der Waals surface area contributed by atoms with Gasteiger partial charge in [0.05, 0.1) is 12.1 Å². The van der Waals surface area contributed by atoms with Crippen molar-refractivity contribution in [3.8, 4) is 0 Å². The lowest BCUT2D eigenvalue weighted by molar-refractivity contribution is 0.0933. The van der Waals surface area contributed by atoms with Crippen LogP contribution >= 0.6 is 11.6 Å². The number of aryl methyl sites for hydroxylation is 1. The minimum atomic E-state index is -0.404. The van der Waals surface area contributed by atoms with E-state index in [1.807, 2.05) is 11.5 Å². The zero-order valence-electron chi connectivity index (χ0n) is 12.9. The molecule has 122 valence electrons. The zero-order valence-corrected chi connectivity index (χ0v) is 13.7. The van der Waals surface area contributed by atoms with Crippen molar-refractivity contribution in [1.82, 2.24) is 9.88 Å². The van der Waals surface area contributed by atoms with Gasteiger partial charge in [-0.1, -0.05) is 11.6 Å². The van der Waals surface area contributed by atoms with Crippen molar-refractivity contribution >= 4 is 28.4 Å². The number of nitrogens with one attached hydrogen (secondary N) is 1. The Balaban J connectivity index is 1.98. The third-order valence-electron chi connectivity index (χ3n) is 4.54. The van der Waals surface area contributed by atoms with E-state index in [0.29, 0.717) is 23.5 Å². The Morgan fingerprint density at radius 1 is 1.43 bits per heavy atom. The van der Waals surface area contributed by atoms with Crippen molar-refractivity contribution in [2.45, 2.75) is 26.3 Å². The molecule has 2 aromatic rings. The molecule has 6 heteroatoms. The number of rotatable bonds is 5. The summed E-state index contributed by atoms with van der Waals surface area (Å²) in [7, 11) is 0. The Hall–Kier alpha value is -1.85. The molecule has 3 rings (SSSR count). The van der Waals surface area contributed by atoms with E-state index in [0.717, 1.165) is 18.4 Å². The Kier molecular flexibility index (Phi) is 4.17. The highest BCUT2D eigenvalue weighted by Gasteiger charge is 2.42. The average molecular weight is 335 g/mol. The van der Waals surface area contributed by atoms with Crippen LogP contribution in [0.5, 0.6) is 0 Å². The molecule has 0 saturated heterocycles. The van der Waals surface area contributed by atoms with Crippen LogP contribution in [0.4, 0.5) is 0 Å². The molecule has 1 heterocycles. The number of carbonyl (C=O) groups is 1.